The van der Waals surface area contributed by atoms with Gasteiger partial charge in [-0.1, -0.05) is 6.08 Å². The molecule has 4 heteroatoms. The second kappa shape index (κ2) is 2.38. The van der Waals surface area contributed by atoms with E-state index in [2.05, 4.69) is 26.7 Å². The fraction of sp³-hybridized carbons (Fsp3) is 0.429. The van der Waals surface area contributed by atoms with Gasteiger partial charge in [0.25, 0.3) is 0 Å². The third-order valence-corrected chi connectivity index (χ3v) is 1.91. The molecule has 2 unspecified atom stereocenters. The minimum Gasteiger partial charge on any atom is -0.369 e. The van der Waals surface area contributed by atoms with Gasteiger partial charge in [0.1, 0.15) is 12.0 Å². The van der Waals surface area contributed by atoms with Crippen LogP contribution in [0.2, 0.25) is 0 Å². The summed E-state index contributed by atoms with van der Waals surface area (Å²) in [5.74, 6) is 1.27. The smallest absolute Gasteiger partial charge is 0.133 e. The lowest BCUT2D eigenvalue weighted by Crippen LogP contribution is -2.42. The molecule has 0 aliphatic carbocycles. The first-order valence-corrected chi connectivity index (χ1v) is 3.59. The summed E-state index contributed by atoms with van der Waals surface area (Å²) in [6.07, 6.45) is 5.83. The Kier molecular flexibility index (Phi) is 1.38. The van der Waals surface area contributed by atoms with Gasteiger partial charge in [0.05, 0.1) is 12.3 Å². The van der Waals surface area contributed by atoms with E-state index in [1.54, 1.807) is 13.4 Å². The molecule has 0 fully saturated rings. The minimum absolute atomic E-state index is 0.162. The fourth-order valence-electron chi connectivity index (χ4n) is 1.34. The Hall–Kier alpha value is -1.32. The van der Waals surface area contributed by atoms with E-state index in [0.29, 0.717) is 5.92 Å². The quantitative estimate of drug-likeness (QED) is 0.498. The van der Waals surface area contributed by atoms with Crippen molar-refractivity contribution >= 4 is 12.2 Å². The van der Waals surface area contributed by atoms with E-state index in [1.165, 1.54) is 0 Å². The molecule has 58 valence electrons. The Morgan fingerprint density at radius 3 is 3.36 bits per heavy atom. The number of rotatable bonds is 0. The molecule has 4 nitrogen and oxygen atoms in total. The van der Waals surface area contributed by atoms with Crippen LogP contribution >= 0.6 is 0 Å². The van der Waals surface area contributed by atoms with E-state index in [-0.39, 0.29) is 6.17 Å². The van der Waals surface area contributed by atoms with Gasteiger partial charge < -0.3 is 10.6 Å². The van der Waals surface area contributed by atoms with Crippen LogP contribution in [0.1, 0.15) is 0 Å². The van der Waals surface area contributed by atoms with Crippen molar-refractivity contribution in [2.24, 2.45) is 15.9 Å². The average molecular weight is 150 g/mol. The molecule has 0 bridgehead atoms. The second-order valence-corrected chi connectivity index (χ2v) is 2.53. The van der Waals surface area contributed by atoms with Crippen LogP contribution in [0.25, 0.3) is 0 Å². The standard InChI is InChI=1S/C7H10N4/c1-8-6-5-2-3-9-7(5)11-4-10-6/h2-5,7,9H,1H3,(H,8,10,11). The maximum absolute atomic E-state index is 4.20. The molecular weight excluding hydrogens is 140 g/mol. The van der Waals surface area contributed by atoms with E-state index in [4.69, 9.17) is 0 Å². The molecule has 0 aromatic carbocycles. The van der Waals surface area contributed by atoms with Crippen molar-refractivity contribution < 1.29 is 0 Å². The molecule has 0 radical (unpaired) electrons. The number of hydrogen-bond donors (Lipinski definition) is 2. The molecule has 2 N–H and O–H groups in total. The number of aliphatic imine (C=N–C) groups is 2. The minimum atomic E-state index is 0.162. The third-order valence-electron chi connectivity index (χ3n) is 1.91. The molecule has 0 spiro atoms. The van der Waals surface area contributed by atoms with Gasteiger partial charge in [-0.2, -0.15) is 0 Å². The van der Waals surface area contributed by atoms with Crippen LogP contribution in [0.15, 0.2) is 22.3 Å². The average Bonchev–Trinajstić information content (AvgIpc) is 2.50. The highest BCUT2D eigenvalue weighted by Crippen LogP contribution is 2.15. The van der Waals surface area contributed by atoms with Crippen LogP contribution in [-0.4, -0.2) is 25.4 Å². The predicted octanol–water partition coefficient (Wildman–Crippen LogP) is -0.295. The third kappa shape index (κ3) is 0.906. The predicted molar refractivity (Wildman–Crippen MR) is 44.5 cm³/mol. The summed E-state index contributed by atoms with van der Waals surface area (Å²) in [6, 6.07) is 0. The van der Waals surface area contributed by atoms with E-state index >= 15 is 0 Å². The summed E-state index contributed by atoms with van der Waals surface area (Å²) in [4.78, 5) is 8.31. The zero-order valence-corrected chi connectivity index (χ0v) is 6.28. The first-order chi connectivity index (χ1) is 5.42. The molecular formula is C7H10N4. The van der Waals surface area contributed by atoms with Crippen molar-refractivity contribution in [3.63, 3.8) is 0 Å². The normalized spacial score (nSPS) is 36.6. The summed E-state index contributed by atoms with van der Waals surface area (Å²) in [7, 11) is 1.78. The van der Waals surface area contributed by atoms with Gasteiger partial charge in [0.15, 0.2) is 0 Å². The molecule has 2 rings (SSSR count). The zero-order chi connectivity index (χ0) is 7.68. The zero-order valence-electron chi connectivity index (χ0n) is 6.28. The van der Waals surface area contributed by atoms with Crippen molar-refractivity contribution in [3.05, 3.63) is 12.3 Å². The Labute approximate surface area is 65.1 Å². The largest absolute Gasteiger partial charge is 0.369 e. The maximum Gasteiger partial charge on any atom is 0.133 e. The van der Waals surface area contributed by atoms with Gasteiger partial charge >= 0.3 is 0 Å². The molecule has 0 saturated carbocycles. The molecule has 0 saturated heterocycles. The van der Waals surface area contributed by atoms with Crippen molar-refractivity contribution in [1.82, 2.24) is 10.6 Å². The molecule has 0 amide bonds. The monoisotopic (exact) mass is 150 g/mol. The molecule has 2 atom stereocenters. The van der Waals surface area contributed by atoms with Crippen LogP contribution in [0, 0.1) is 5.92 Å². The van der Waals surface area contributed by atoms with E-state index in [9.17, 15) is 0 Å². The Balaban J connectivity index is 2.28. The molecule has 2 aliphatic rings. The van der Waals surface area contributed by atoms with Gasteiger partial charge in [-0.05, 0) is 6.20 Å². The van der Waals surface area contributed by atoms with Crippen LogP contribution < -0.4 is 10.6 Å². The molecule has 0 aromatic heterocycles. The van der Waals surface area contributed by atoms with Crippen molar-refractivity contribution in [2.45, 2.75) is 6.17 Å². The van der Waals surface area contributed by atoms with Crippen molar-refractivity contribution in [3.8, 4) is 0 Å². The van der Waals surface area contributed by atoms with Crippen molar-refractivity contribution in [1.29, 1.82) is 0 Å². The van der Waals surface area contributed by atoms with E-state index in [1.807, 2.05) is 6.20 Å². The summed E-state index contributed by atoms with van der Waals surface area (Å²) in [6.45, 7) is 0. The van der Waals surface area contributed by atoms with Crippen LogP contribution in [0.4, 0.5) is 0 Å². The number of nitrogens with one attached hydrogen (secondary N) is 2. The summed E-state index contributed by atoms with van der Waals surface area (Å²) < 4.78 is 0. The first kappa shape index (κ1) is 6.39. The van der Waals surface area contributed by atoms with Gasteiger partial charge in [-0.15, -0.1) is 0 Å². The molecule has 0 aromatic rings. The Bertz CT molecular complexity index is 241. The van der Waals surface area contributed by atoms with Crippen LogP contribution in [0.5, 0.6) is 0 Å². The lowest BCUT2D eigenvalue weighted by atomic mass is 10.1. The molecule has 2 aliphatic heterocycles. The highest BCUT2D eigenvalue weighted by atomic mass is 15.2. The van der Waals surface area contributed by atoms with Crippen LogP contribution in [-0.2, 0) is 0 Å². The Morgan fingerprint density at radius 2 is 2.55 bits per heavy atom. The topological polar surface area (TPSA) is 48.8 Å². The number of hydrogen-bond acceptors (Lipinski definition) is 3. The van der Waals surface area contributed by atoms with Gasteiger partial charge in [-0.3, -0.25) is 4.99 Å². The van der Waals surface area contributed by atoms with Crippen LogP contribution in [0.3, 0.4) is 0 Å². The highest BCUT2D eigenvalue weighted by molar-refractivity contribution is 5.97. The van der Waals surface area contributed by atoms with Gasteiger partial charge in [0, 0.05) is 7.05 Å². The number of fused-ring (bicyclic) bond motifs is 1. The van der Waals surface area contributed by atoms with Crippen molar-refractivity contribution in [2.75, 3.05) is 7.05 Å². The summed E-state index contributed by atoms with van der Waals surface area (Å²) >= 11 is 0. The summed E-state index contributed by atoms with van der Waals surface area (Å²) in [5.41, 5.74) is 0. The number of amidine groups is 1. The van der Waals surface area contributed by atoms with E-state index in [0.717, 1.165) is 5.84 Å². The van der Waals surface area contributed by atoms with Gasteiger partial charge in [0.2, 0.25) is 0 Å². The first-order valence-electron chi connectivity index (χ1n) is 3.59. The lowest BCUT2D eigenvalue weighted by molar-refractivity contribution is 0.579. The summed E-state index contributed by atoms with van der Waals surface area (Å²) in [5, 5.41) is 6.13. The highest BCUT2D eigenvalue weighted by Gasteiger charge is 2.28. The Morgan fingerprint density at radius 1 is 1.64 bits per heavy atom. The maximum atomic E-state index is 4.20. The lowest BCUT2D eigenvalue weighted by Gasteiger charge is -2.21. The fourth-order valence-corrected chi connectivity index (χ4v) is 1.34. The number of nitrogens with zero attached hydrogens (tertiary/aromatic N) is 2. The van der Waals surface area contributed by atoms with Gasteiger partial charge in [-0.25, -0.2) is 4.99 Å². The molecule has 11 heavy (non-hydrogen) atoms. The second-order valence-electron chi connectivity index (χ2n) is 2.53. The van der Waals surface area contributed by atoms with E-state index < -0.39 is 0 Å². The SMILES string of the molecule is CN=C1NC=NC2NC=CC12. The molecule has 2 heterocycles.